The summed E-state index contributed by atoms with van der Waals surface area (Å²) in [5, 5.41) is 0. The molecule has 2 aromatic carbocycles. The Morgan fingerprint density at radius 2 is 1.68 bits per heavy atom. The molecule has 0 saturated heterocycles. The van der Waals surface area contributed by atoms with Crippen molar-refractivity contribution in [1.29, 1.82) is 0 Å². The molecule has 0 heterocycles. The molecule has 0 unspecified atom stereocenters. The molecule has 94 valence electrons. The van der Waals surface area contributed by atoms with Gasteiger partial charge >= 0.3 is 35.9 Å². The van der Waals surface area contributed by atoms with Crippen LogP contribution in [0.25, 0.3) is 11.1 Å². The zero-order valence-electron chi connectivity index (χ0n) is 10.7. The summed E-state index contributed by atoms with van der Waals surface area (Å²) in [5.74, 6) is -0.320. The van der Waals surface area contributed by atoms with Crippen LogP contribution in [-0.2, 0) is 21.1 Å². The zero-order valence-corrected chi connectivity index (χ0v) is 15.3. The van der Waals surface area contributed by atoms with Gasteiger partial charge in [-0.25, -0.2) is 4.79 Å². The number of methoxy groups -OCH3 is 1. The van der Waals surface area contributed by atoms with Crippen LogP contribution in [-0.4, -0.2) is 13.1 Å². The molecule has 0 aliphatic rings. The number of benzene rings is 2. The van der Waals surface area contributed by atoms with E-state index in [2.05, 4.69) is 20.5 Å². The van der Waals surface area contributed by atoms with Crippen molar-refractivity contribution in [2.24, 2.45) is 0 Å². The van der Waals surface area contributed by atoms with E-state index >= 15 is 0 Å². The maximum absolute atomic E-state index is 11.6. The Morgan fingerprint density at radius 1 is 1.11 bits per heavy atom. The second-order valence-electron chi connectivity index (χ2n) is 3.73. The molecule has 0 atom stereocenters. The summed E-state index contributed by atoms with van der Waals surface area (Å²) in [7, 11) is 1.39. The summed E-state index contributed by atoms with van der Waals surface area (Å²) in [5.41, 5.74) is 3.38. The van der Waals surface area contributed by atoms with E-state index in [0.717, 1.165) is 16.7 Å². The minimum atomic E-state index is -0.320. The van der Waals surface area contributed by atoms with Crippen molar-refractivity contribution in [3.05, 3.63) is 66.6 Å². The van der Waals surface area contributed by atoms with Crippen molar-refractivity contribution in [3.63, 3.8) is 0 Å². The molecule has 2 rings (SSSR count). The number of hydrogen-bond acceptors (Lipinski definition) is 2. The molecule has 0 aromatic heterocycles. The number of halogens is 1. The summed E-state index contributed by atoms with van der Waals surface area (Å²) >= 11 is 4.25. The van der Waals surface area contributed by atoms with Gasteiger partial charge in [0.25, 0.3) is 0 Å². The van der Waals surface area contributed by atoms with Gasteiger partial charge in [-0.15, -0.1) is 12.1 Å². The molecule has 19 heavy (non-hydrogen) atoms. The Morgan fingerprint density at radius 3 is 2.26 bits per heavy atom. The summed E-state index contributed by atoms with van der Waals surface area (Å²) in [4.78, 5) is 11.6. The predicted molar refractivity (Wildman–Crippen MR) is 76.6 cm³/mol. The molecule has 0 fully saturated rings. The maximum atomic E-state index is 11.6. The summed E-state index contributed by atoms with van der Waals surface area (Å²) in [6, 6.07) is 15.1. The third kappa shape index (κ3) is 4.19. The van der Waals surface area contributed by atoms with Crippen molar-refractivity contribution in [2.75, 3.05) is 7.11 Å². The fourth-order valence-corrected chi connectivity index (χ4v) is 1.71. The fraction of sp³-hybridized carbons (Fsp3) is 0.0667. The molecule has 0 saturated carbocycles. The van der Waals surface area contributed by atoms with E-state index in [4.69, 9.17) is 4.74 Å². The summed E-state index contributed by atoms with van der Waals surface area (Å²) in [6.45, 7) is 3.84. The van der Waals surface area contributed by atoms with Crippen LogP contribution in [0.4, 0.5) is 0 Å². The SMILES string of the molecule is [CH2-]c1ccc(-c2ccccc2C(=O)OC)cc1.[Zn+][Br]. The molecule has 2 nitrogen and oxygen atoms in total. The molecular weight excluding hydrogens is 357 g/mol. The topological polar surface area (TPSA) is 26.3 Å². The third-order valence-corrected chi connectivity index (χ3v) is 2.60. The van der Waals surface area contributed by atoms with E-state index in [9.17, 15) is 4.79 Å². The van der Waals surface area contributed by atoms with Crippen LogP contribution >= 0.6 is 13.6 Å². The first-order chi connectivity index (χ1) is 9.22. The Kier molecular flexibility index (Phi) is 6.82. The Labute approximate surface area is 130 Å². The second-order valence-corrected chi connectivity index (χ2v) is 3.73. The first-order valence-electron chi connectivity index (χ1n) is 5.59. The van der Waals surface area contributed by atoms with E-state index in [1.54, 1.807) is 6.07 Å². The quantitative estimate of drug-likeness (QED) is 0.451. The van der Waals surface area contributed by atoms with Crippen LogP contribution in [0, 0.1) is 6.92 Å². The van der Waals surface area contributed by atoms with Crippen molar-refractivity contribution in [1.82, 2.24) is 0 Å². The Balaban J connectivity index is 0.000000861. The van der Waals surface area contributed by atoms with E-state index in [0.29, 0.717) is 5.56 Å². The number of rotatable bonds is 2. The number of carbonyl (C=O) groups excluding carboxylic acids is 1. The fourth-order valence-electron chi connectivity index (χ4n) is 1.71. The van der Waals surface area contributed by atoms with Gasteiger partial charge in [0, 0.05) is 0 Å². The van der Waals surface area contributed by atoms with Crippen LogP contribution in [0.15, 0.2) is 48.5 Å². The van der Waals surface area contributed by atoms with Crippen molar-refractivity contribution in [3.8, 4) is 11.1 Å². The van der Waals surface area contributed by atoms with Crippen LogP contribution in [0.5, 0.6) is 0 Å². The van der Waals surface area contributed by atoms with E-state index in [-0.39, 0.29) is 5.97 Å². The van der Waals surface area contributed by atoms with Gasteiger partial charge in [0.2, 0.25) is 0 Å². The van der Waals surface area contributed by atoms with Gasteiger partial charge in [-0.05, 0) is 17.2 Å². The third-order valence-electron chi connectivity index (χ3n) is 2.60. The van der Waals surface area contributed by atoms with E-state index in [1.807, 2.05) is 42.5 Å². The van der Waals surface area contributed by atoms with Gasteiger partial charge < -0.3 is 4.74 Å². The normalized spacial score (nSPS) is 9.26. The molecule has 4 heteroatoms. The van der Waals surface area contributed by atoms with Gasteiger partial charge in [-0.3, -0.25) is 0 Å². The van der Waals surface area contributed by atoms with Gasteiger partial charge in [0.15, 0.2) is 0 Å². The Hall–Kier alpha value is -1.12. The van der Waals surface area contributed by atoms with Crippen LogP contribution in [0.3, 0.4) is 0 Å². The molecule has 0 radical (unpaired) electrons. The number of carbonyl (C=O) groups is 1. The first kappa shape index (κ1) is 15.9. The molecule has 0 bridgehead atoms. The summed E-state index contributed by atoms with van der Waals surface area (Å²) < 4.78 is 4.77. The van der Waals surface area contributed by atoms with Crippen LogP contribution < -0.4 is 0 Å². The van der Waals surface area contributed by atoms with Crippen molar-refractivity contribution >= 4 is 19.6 Å². The molecular formula is C15H13BrO2Zn. The van der Waals surface area contributed by atoms with Crippen LogP contribution in [0.1, 0.15) is 15.9 Å². The first-order valence-corrected chi connectivity index (χ1v) is 12.5. The van der Waals surface area contributed by atoms with Crippen molar-refractivity contribution < 1.29 is 25.9 Å². The average molecular weight is 371 g/mol. The standard InChI is InChI=1S/C15H13O2.BrH.Zn/c1-11-7-9-12(10-8-11)13-5-3-4-6-14(13)15(16)17-2;;/h3-10H,1H2,2H3;1H;/q-1;;+2/p-1. The van der Waals surface area contributed by atoms with E-state index < -0.39 is 0 Å². The summed E-state index contributed by atoms with van der Waals surface area (Å²) in [6.07, 6.45) is 0. The van der Waals surface area contributed by atoms with Gasteiger partial charge in [-0.2, -0.15) is 24.6 Å². The Bertz CT molecular complexity index is 538. The zero-order chi connectivity index (χ0) is 14.3. The molecule has 0 aliphatic carbocycles. The van der Waals surface area contributed by atoms with Crippen LogP contribution in [0.2, 0.25) is 0 Å². The second kappa shape index (κ2) is 8.13. The molecule has 2 aromatic rings. The number of hydrogen-bond donors (Lipinski definition) is 0. The minimum absolute atomic E-state index is 0.320. The van der Waals surface area contributed by atoms with Gasteiger partial charge in [-0.1, -0.05) is 18.2 Å². The van der Waals surface area contributed by atoms with E-state index in [1.165, 1.54) is 23.5 Å². The van der Waals surface area contributed by atoms with Gasteiger partial charge in [0.05, 0.1) is 12.7 Å². The predicted octanol–water partition coefficient (Wildman–Crippen LogP) is 4.17. The van der Waals surface area contributed by atoms with Gasteiger partial charge in [0.1, 0.15) is 0 Å². The average Bonchev–Trinajstić information content (AvgIpc) is 2.49. The molecule has 0 aliphatic heterocycles. The molecule has 0 N–H and O–H groups in total. The monoisotopic (exact) mass is 368 g/mol. The van der Waals surface area contributed by atoms with Crippen molar-refractivity contribution in [2.45, 2.75) is 0 Å². The molecule has 0 amide bonds. The number of esters is 1. The molecule has 0 spiro atoms. The number of ether oxygens (including phenoxy) is 1.